The van der Waals surface area contributed by atoms with Gasteiger partial charge < -0.3 is 14.0 Å². The average Bonchev–Trinajstić information content (AvgIpc) is 3.47. The van der Waals surface area contributed by atoms with E-state index in [0.29, 0.717) is 22.4 Å². The lowest BCUT2D eigenvalue weighted by Crippen LogP contribution is -2.35. The van der Waals surface area contributed by atoms with E-state index in [2.05, 4.69) is 30.5 Å². The normalized spacial score (nSPS) is 22.1. The summed E-state index contributed by atoms with van der Waals surface area (Å²) in [5.41, 5.74) is 2.23. The maximum absolute atomic E-state index is 14.0. The molecule has 1 saturated heterocycles. The number of epoxide rings is 1. The Hall–Kier alpha value is -3.44. The van der Waals surface area contributed by atoms with Gasteiger partial charge in [0.05, 0.1) is 18.2 Å². The summed E-state index contributed by atoms with van der Waals surface area (Å²) < 4.78 is 13.3. The van der Waals surface area contributed by atoms with Gasteiger partial charge in [0.25, 0.3) is 0 Å². The number of hydrogen-bond donors (Lipinski definition) is 0. The van der Waals surface area contributed by atoms with Crippen LogP contribution in [0.1, 0.15) is 46.2 Å². The Morgan fingerprint density at radius 2 is 1.71 bits per heavy atom. The predicted molar refractivity (Wildman–Crippen MR) is 118 cm³/mol. The molecule has 154 valence electrons. The number of hydrogen-bond acceptors (Lipinski definition) is 4. The van der Waals surface area contributed by atoms with Crippen molar-refractivity contribution in [3.8, 4) is 5.75 Å². The molecule has 0 N–H and O–H groups in total. The van der Waals surface area contributed by atoms with Crippen molar-refractivity contribution < 1.29 is 19.1 Å². The molecule has 2 unspecified atom stereocenters. The van der Waals surface area contributed by atoms with E-state index in [-0.39, 0.29) is 17.6 Å². The highest BCUT2D eigenvalue weighted by Gasteiger charge is 2.70. The number of carbonyl (C=O) groups is 2. The average molecular weight is 411 g/mol. The predicted octanol–water partition coefficient (Wildman–Crippen LogP) is 5.06. The molecule has 0 saturated carbocycles. The topological polar surface area (TPSA) is 60.8 Å². The lowest BCUT2D eigenvalue weighted by molar-refractivity contribution is 0.0860. The number of ether oxygens (including phenoxy) is 2. The third kappa shape index (κ3) is 2.19. The molecule has 2 aliphatic rings. The molecule has 1 aromatic heterocycles. The second-order valence-corrected chi connectivity index (χ2v) is 8.52. The summed E-state index contributed by atoms with van der Waals surface area (Å²) in [5, 5.41) is 2.06. The Balaban J connectivity index is 1.67. The highest BCUT2D eigenvalue weighted by molar-refractivity contribution is 6.29. The van der Waals surface area contributed by atoms with E-state index in [9.17, 15) is 9.59 Å². The summed E-state index contributed by atoms with van der Waals surface area (Å²) in [7, 11) is 1.59. The van der Waals surface area contributed by atoms with Gasteiger partial charge in [-0.25, -0.2) is 0 Å². The second kappa shape index (κ2) is 6.05. The molecule has 1 aliphatic heterocycles. The van der Waals surface area contributed by atoms with E-state index in [4.69, 9.17) is 9.47 Å². The van der Waals surface area contributed by atoms with Crippen molar-refractivity contribution in [2.45, 2.75) is 31.6 Å². The van der Waals surface area contributed by atoms with E-state index < -0.39 is 11.7 Å². The lowest BCUT2D eigenvalue weighted by Gasteiger charge is -2.22. The Bertz CT molecular complexity index is 1410. The molecule has 5 heteroatoms. The van der Waals surface area contributed by atoms with E-state index >= 15 is 0 Å². The number of ketones is 2. The number of nitrogens with zero attached hydrogens (tertiary/aromatic N) is 1. The summed E-state index contributed by atoms with van der Waals surface area (Å²) >= 11 is 0. The first-order valence-corrected chi connectivity index (χ1v) is 10.5. The number of methoxy groups -OCH3 is 1. The highest BCUT2D eigenvalue weighted by atomic mass is 16.6. The van der Waals surface area contributed by atoms with Gasteiger partial charge in [0.1, 0.15) is 5.75 Å². The molecule has 4 aromatic rings. The molecule has 0 bridgehead atoms. The van der Waals surface area contributed by atoms with E-state index in [1.54, 1.807) is 25.3 Å². The fraction of sp³-hybridized carbons (Fsp3) is 0.231. The molecule has 0 radical (unpaired) electrons. The first-order valence-electron chi connectivity index (χ1n) is 10.5. The summed E-state index contributed by atoms with van der Waals surface area (Å²) in [6.07, 6.45) is -0.768. The fourth-order valence-corrected chi connectivity index (χ4v) is 5.14. The second-order valence-electron chi connectivity index (χ2n) is 8.52. The molecule has 1 aliphatic carbocycles. The quantitative estimate of drug-likeness (QED) is 0.442. The molecular formula is C26H21NO4. The zero-order valence-corrected chi connectivity index (χ0v) is 17.5. The van der Waals surface area contributed by atoms with Crippen molar-refractivity contribution in [3.63, 3.8) is 0 Å². The van der Waals surface area contributed by atoms with Crippen molar-refractivity contribution in [1.29, 1.82) is 0 Å². The van der Waals surface area contributed by atoms with Crippen LogP contribution in [0.2, 0.25) is 0 Å². The minimum Gasteiger partial charge on any atom is -0.497 e. The Morgan fingerprint density at radius 1 is 0.968 bits per heavy atom. The van der Waals surface area contributed by atoms with E-state index in [1.807, 2.05) is 30.3 Å². The van der Waals surface area contributed by atoms with Crippen LogP contribution in [0.15, 0.2) is 60.7 Å². The Morgan fingerprint density at radius 3 is 2.42 bits per heavy atom. The van der Waals surface area contributed by atoms with Crippen LogP contribution in [-0.4, -0.2) is 29.3 Å². The maximum atomic E-state index is 14.0. The summed E-state index contributed by atoms with van der Waals surface area (Å²) in [4.78, 5) is 27.4. The number of benzene rings is 3. The van der Waals surface area contributed by atoms with Gasteiger partial charge in [-0.05, 0) is 43.7 Å². The summed E-state index contributed by atoms with van der Waals surface area (Å²) in [6.45, 7) is 4.19. The third-order valence-corrected chi connectivity index (χ3v) is 6.59. The zero-order valence-electron chi connectivity index (χ0n) is 17.5. The molecule has 6 rings (SSSR count). The molecule has 5 nitrogen and oxygen atoms in total. The van der Waals surface area contributed by atoms with E-state index in [1.165, 1.54) is 0 Å². The van der Waals surface area contributed by atoms with Crippen molar-refractivity contribution in [2.75, 3.05) is 7.11 Å². The fourth-order valence-electron chi connectivity index (χ4n) is 5.14. The molecule has 2 heterocycles. The van der Waals surface area contributed by atoms with Crippen LogP contribution < -0.4 is 4.74 Å². The first-order chi connectivity index (χ1) is 15.0. The third-order valence-electron chi connectivity index (χ3n) is 6.59. The molecule has 0 amide bonds. The number of Topliss-reactive ketones (excluding diaryl/α,β-unsaturated/α-hetero) is 2. The number of para-hydroxylation sites is 1. The number of carbonyl (C=O) groups excluding carboxylic acids is 2. The maximum Gasteiger partial charge on any atom is 0.205 e. The SMILES string of the molecule is COc1ccc(C23OC2C(=O)c2ccc4c5ccccc5n(C(C)C)c4c2C3=O)cc1. The molecule has 31 heavy (non-hydrogen) atoms. The standard InChI is InChI=1S/C26H21NO4/c1-14(2)27-20-7-5-4-6-17(20)18-12-13-19-21(22(18)27)24(29)26(25(31-26)23(19)28)15-8-10-16(30-3)11-9-15/h4-14,25H,1-3H3. The molecule has 3 aromatic carbocycles. The van der Waals surface area contributed by atoms with Crippen molar-refractivity contribution in [3.05, 3.63) is 77.4 Å². The van der Waals surface area contributed by atoms with Crippen molar-refractivity contribution in [2.24, 2.45) is 0 Å². The zero-order chi connectivity index (χ0) is 21.5. The molecular weight excluding hydrogens is 390 g/mol. The number of fused-ring (bicyclic) bond motifs is 6. The minimum atomic E-state index is -1.25. The number of aromatic nitrogens is 1. The van der Waals surface area contributed by atoms with Crippen LogP contribution >= 0.6 is 0 Å². The van der Waals surface area contributed by atoms with Gasteiger partial charge in [-0.2, -0.15) is 0 Å². The monoisotopic (exact) mass is 411 g/mol. The van der Waals surface area contributed by atoms with Crippen LogP contribution in [0, 0.1) is 0 Å². The van der Waals surface area contributed by atoms with Gasteiger partial charge in [0.15, 0.2) is 17.5 Å². The van der Waals surface area contributed by atoms with Gasteiger partial charge in [-0.3, -0.25) is 9.59 Å². The smallest absolute Gasteiger partial charge is 0.205 e. The van der Waals surface area contributed by atoms with Crippen LogP contribution in [-0.2, 0) is 10.3 Å². The van der Waals surface area contributed by atoms with Crippen LogP contribution in [0.25, 0.3) is 21.8 Å². The van der Waals surface area contributed by atoms with Gasteiger partial charge in [0, 0.05) is 27.9 Å². The minimum absolute atomic E-state index is 0.117. The van der Waals surface area contributed by atoms with Gasteiger partial charge in [0.2, 0.25) is 5.78 Å². The van der Waals surface area contributed by atoms with Crippen molar-refractivity contribution >= 4 is 33.4 Å². The lowest BCUT2D eigenvalue weighted by atomic mass is 9.77. The van der Waals surface area contributed by atoms with Crippen LogP contribution in [0.3, 0.4) is 0 Å². The van der Waals surface area contributed by atoms with Gasteiger partial charge in [-0.1, -0.05) is 36.4 Å². The Kier molecular flexibility index (Phi) is 3.58. The summed E-state index contributed by atoms with van der Waals surface area (Å²) in [5.74, 6) is 0.412. The van der Waals surface area contributed by atoms with Gasteiger partial charge >= 0.3 is 0 Å². The van der Waals surface area contributed by atoms with Crippen LogP contribution in [0.5, 0.6) is 5.75 Å². The molecule has 2 atom stereocenters. The largest absolute Gasteiger partial charge is 0.497 e. The Labute approximate surface area is 179 Å². The summed E-state index contributed by atoms with van der Waals surface area (Å²) in [6, 6.07) is 19.2. The first kappa shape index (κ1) is 18.3. The number of rotatable bonds is 3. The van der Waals surface area contributed by atoms with E-state index in [0.717, 1.165) is 21.8 Å². The highest BCUT2D eigenvalue weighted by Crippen LogP contribution is 2.55. The van der Waals surface area contributed by atoms with Crippen molar-refractivity contribution in [1.82, 2.24) is 4.57 Å². The molecule has 1 fully saturated rings. The van der Waals surface area contributed by atoms with Gasteiger partial charge in [-0.15, -0.1) is 0 Å². The molecule has 0 spiro atoms. The van der Waals surface area contributed by atoms with Crippen LogP contribution in [0.4, 0.5) is 0 Å².